The number of halogens is 1. The molecule has 2 amide bonds. The van der Waals surface area contributed by atoms with E-state index >= 15 is 0 Å². The number of benzene rings is 3. The monoisotopic (exact) mass is 421 g/mol. The molecule has 0 aliphatic heterocycles. The zero-order chi connectivity index (χ0) is 21.3. The first-order chi connectivity index (χ1) is 14.5. The van der Waals surface area contributed by atoms with Gasteiger partial charge in [-0.1, -0.05) is 41.4 Å². The number of para-hydroxylation sites is 1. The Balaban J connectivity index is 1.56. The molecule has 3 rings (SSSR count). The SMILES string of the molecule is Cc1ccc(NC(=O)COc2ccccc2/C=N\NC(=O)c2ccc(Cl)cc2)cc1. The van der Waals surface area contributed by atoms with Crippen molar-refractivity contribution in [2.45, 2.75) is 6.92 Å². The number of nitrogens with one attached hydrogen (secondary N) is 2. The summed E-state index contributed by atoms with van der Waals surface area (Å²) in [5.41, 5.74) is 5.32. The highest BCUT2D eigenvalue weighted by Gasteiger charge is 2.07. The van der Waals surface area contributed by atoms with Crippen LogP contribution in [0.4, 0.5) is 5.69 Å². The molecule has 7 heteroatoms. The van der Waals surface area contributed by atoms with Gasteiger partial charge in [0, 0.05) is 21.8 Å². The number of hydrogen-bond donors (Lipinski definition) is 2. The molecular formula is C23H20ClN3O3. The summed E-state index contributed by atoms with van der Waals surface area (Å²) in [5.74, 6) is -0.165. The second kappa shape index (κ2) is 10.2. The van der Waals surface area contributed by atoms with Gasteiger partial charge in [-0.25, -0.2) is 5.43 Å². The molecule has 0 bridgehead atoms. The molecule has 2 N–H and O–H groups in total. The van der Waals surface area contributed by atoms with Crippen LogP contribution in [0.5, 0.6) is 5.75 Å². The summed E-state index contributed by atoms with van der Waals surface area (Å²) in [4.78, 5) is 24.2. The summed E-state index contributed by atoms with van der Waals surface area (Å²) in [5, 5.41) is 7.29. The zero-order valence-electron chi connectivity index (χ0n) is 16.3. The highest BCUT2D eigenvalue weighted by atomic mass is 35.5. The van der Waals surface area contributed by atoms with E-state index in [0.717, 1.165) is 5.56 Å². The first kappa shape index (κ1) is 21.1. The molecule has 0 aromatic heterocycles. The minimum atomic E-state index is -0.362. The quantitative estimate of drug-likeness (QED) is 0.437. The standard InChI is InChI=1S/C23H20ClN3O3/c1-16-6-12-20(13-7-16)26-22(28)15-30-21-5-3-2-4-18(21)14-25-27-23(29)17-8-10-19(24)11-9-17/h2-14H,15H2,1H3,(H,26,28)(H,27,29)/b25-14-. The average Bonchev–Trinajstić information content (AvgIpc) is 2.75. The Bertz CT molecular complexity index is 1050. The van der Waals surface area contributed by atoms with Crippen LogP contribution < -0.4 is 15.5 Å². The molecule has 0 atom stereocenters. The molecule has 30 heavy (non-hydrogen) atoms. The van der Waals surface area contributed by atoms with Crippen molar-refractivity contribution in [3.8, 4) is 5.75 Å². The van der Waals surface area contributed by atoms with E-state index < -0.39 is 0 Å². The van der Waals surface area contributed by atoms with Gasteiger partial charge in [0.15, 0.2) is 6.61 Å². The lowest BCUT2D eigenvalue weighted by molar-refractivity contribution is -0.118. The van der Waals surface area contributed by atoms with Crippen LogP contribution in [0.2, 0.25) is 5.02 Å². The highest BCUT2D eigenvalue weighted by molar-refractivity contribution is 6.30. The fraction of sp³-hybridized carbons (Fsp3) is 0.0870. The van der Waals surface area contributed by atoms with Crippen LogP contribution in [0.25, 0.3) is 0 Å². The van der Waals surface area contributed by atoms with E-state index in [4.69, 9.17) is 16.3 Å². The summed E-state index contributed by atoms with van der Waals surface area (Å²) in [7, 11) is 0. The lowest BCUT2D eigenvalue weighted by Gasteiger charge is -2.09. The van der Waals surface area contributed by atoms with Gasteiger partial charge < -0.3 is 10.1 Å². The van der Waals surface area contributed by atoms with Gasteiger partial charge in [-0.15, -0.1) is 0 Å². The fourth-order valence-corrected chi connectivity index (χ4v) is 2.65. The maximum atomic E-state index is 12.1. The van der Waals surface area contributed by atoms with Crippen LogP contribution in [-0.2, 0) is 4.79 Å². The lowest BCUT2D eigenvalue weighted by atomic mass is 10.2. The molecule has 0 saturated carbocycles. The van der Waals surface area contributed by atoms with Crippen LogP contribution in [0.3, 0.4) is 0 Å². The van der Waals surface area contributed by atoms with E-state index in [1.807, 2.05) is 37.3 Å². The van der Waals surface area contributed by atoms with Gasteiger partial charge in [0.05, 0.1) is 6.21 Å². The van der Waals surface area contributed by atoms with Crippen molar-refractivity contribution in [3.05, 3.63) is 94.5 Å². The molecule has 0 spiro atoms. The Kier molecular flexibility index (Phi) is 7.19. The van der Waals surface area contributed by atoms with Gasteiger partial charge >= 0.3 is 0 Å². The van der Waals surface area contributed by atoms with Gasteiger partial charge in [-0.05, 0) is 55.5 Å². The van der Waals surface area contributed by atoms with Crippen molar-refractivity contribution in [1.82, 2.24) is 5.43 Å². The number of carbonyl (C=O) groups is 2. The summed E-state index contributed by atoms with van der Waals surface area (Å²) < 4.78 is 5.62. The summed E-state index contributed by atoms with van der Waals surface area (Å²) in [6.07, 6.45) is 1.46. The molecule has 0 aliphatic carbocycles. The molecule has 3 aromatic rings. The predicted molar refractivity (Wildman–Crippen MR) is 118 cm³/mol. The van der Waals surface area contributed by atoms with Crippen molar-refractivity contribution >= 4 is 35.3 Å². The predicted octanol–water partition coefficient (Wildman–Crippen LogP) is 4.43. The van der Waals surface area contributed by atoms with Crippen LogP contribution in [0, 0.1) is 6.92 Å². The van der Waals surface area contributed by atoms with Crippen molar-refractivity contribution in [2.24, 2.45) is 5.10 Å². The molecule has 0 aliphatic rings. The Morgan fingerprint density at radius 2 is 1.70 bits per heavy atom. The van der Waals surface area contributed by atoms with Crippen molar-refractivity contribution in [3.63, 3.8) is 0 Å². The number of anilines is 1. The highest BCUT2D eigenvalue weighted by Crippen LogP contribution is 2.16. The molecule has 0 radical (unpaired) electrons. The largest absolute Gasteiger partial charge is 0.483 e. The van der Waals surface area contributed by atoms with Gasteiger partial charge in [0.25, 0.3) is 11.8 Å². The van der Waals surface area contributed by atoms with E-state index in [9.17, 15) is 9.59 Å². The molecule has 0 saturated heterocycles. The molecule has 0 unspecified atom stereocenters. The number of amides is 2. The van der Waals surface area contributed by atoms with Gasteiger partial charge in [0.2, 0.25) is 0 Å². The van der Waals surface area contributed by atoms with Gasteiger partial charge in [0.1, 0.15) is 5.75 Å². The van der Waals surface area contributed by atoms with Gasteiger partial charge in [-0.2, -0.15) is 5.10 Å². The lowest BCUT2D eigenvalue weighted by Crippen LogP contribution is -2.20. The average molecular weight is 422 g/mol. The molecule has 6 nitrogen and oxygen atoms in total. The Labute approximate surface area is 179 Å². The molecular weight excluding hydrogens is 402 g/mol. The van der Waals surface area contributed by atoms with Crippen LogP contribution in [-0.4, -0.2) is 24.6 Å². The van der Waals surface area contributed by atoms with E-state index in [0.29, 0.717) is 27.6 Å². The number of carbonyl (C=O) groups excluding carboxylic acids is 2. The number of rotatable bonds is 7. The summed E-state index contributed by atoms with van der Waals surface area (Å²) in [6.45, 7) is 1.82. The van der Waals surface area contributed by atoms with E-state index in [2.05, 4.69) is 15.8 Å². The van der Waals surface area contributed by atoms with Crippen molar-refractivity contribution < 1.29 is 14.3 Å². The van der Waals surface area contributed by atoms with E-state index in [1.165, 1.54) is 6.21 Å². The number of aryl methyl sites for hydroxylation is 1. The third kappa shape index (κ3) is 6.18. The minimum absolute atomic E-state index is 0.157. The fourth-order valence-electron chi connectivity index (χ4n) is 2.52. The second-order valence-electron chi connectivity index (χ2n) is 6.45. The number of hydrazone groups is 1. The molecule has 0 fully saturated rings. The summed E-state index contributed by atoms with van der Waals surface area (Å²) in [6, 6.07) is 21.1. The Morgan fingerprint density at radius 1 is 1.00 bits per heavy atom. The number of hydrogen-bond acceptors (Lipinski definition) is 4. The minimum Gasteiger partial charge on any atom is -0.483 e. The van der Waals surface area contributed by atoms with Crippen molar-refractivity contribution in [2.75, 3.05) is 11.9 Å². The van der Waals surface area contributed by atoms with Crippen LogP contribution in [0.15, 0.2) is 77.9 Å². The van der Waals surface area contributed by atoms with Gasteiger partial charge in [-0.3, -0.25) is 9.59 Å². The maximum Gasteiger partial charge on any atom is 0.271 e. The first-order valence-electron chi connectivity index (χ1n) is 9.18. The van der Waals surface area contributed by atoms with E-state index in [-0.39, 0.29) is 18.4 Å². The molecule has 3 aromatic carbocycles. The normalized spacial score (nSPS) is 10.6. The number of ether oxygens (including phenoxy) is 1. The maximum absolute atomic E-state index is 12.1. The second-order valence-corrected chi connectivity index (χ2v) is 6.88. The molecule has 0 heterocycles. The van der Waals surface area contributed by atoms with E-state index in [1.54, 1.807) is 42.5 Å². The Hall–Kier alpha value is -3.64. The summed E-state index contributed by atoms with van der Waals surface area (Å²) >= 11 is 5.82. The smallest absolute Gasteiger partial charge is 0.271 e. The third-order valence-corrected chi connectivity index (χ3v) is 4.34. The number of nitrogens with zero attached hydrogens (tertiary/aromatic N) is 1. The van der Waals surface area contributed by atoms with Crippen LogP contribution in [0.1, 0.15) is 21.5 Å². The molecule has 152 valence electrons. The zero-order valence-corrected chi connectivity index (χ0v) is 17.0. The Morgan fingerprint density at radius 3 is 2.43 bits per heavy atom. The van der Waals surface area contributed by atoms with Crippen molar-refractivity contribution in [1.29, 1.82) is 0 Å². The topological polar surface area (TPSA) is 79.8 Å². The third-order valence-electron chi connectivity index (χ3n) is 4.09. The first-order valence-corrected chi connectivity index (χ1v) is 9.56. The van der Waals surface area contributed by atoms with Crippen LogP contribution >= 0.6 is 11.6 Å².